The van der Waals surface area contributed by atoms with Crippen LogP contribution in [0.5, 0.6) is 0 Å². The predicted molar refractivity (Wildman–Crippen MR) is 145 cm³/mol. The van der Waals surface area contributed by atoms with E-state index in [1.54, 1.807) is 24.4 Å². The molecule has 3 aromatic rings. The molecule has 0 spiro atoms. The number of aromatic nitrogens is 4. The van der Waals surface area contributed by atoms with Gasteiger partial charge in [-0.15, -0.1) is 0 Å². The number of rotatable bonds is 8. The Bertz CT molecular complexity index is 1270. The fourth-order valence-corrected chi connectivity index (χ4v) is 4.85. The zero-order valence-corrected chi connectivity index (χ0v) is 22.7. The molecular formula is C28H36FN7O3. The van der Waals surface area contributed by atoms with Gasteiger partial charge in [0.25, 0.3) is 0 Å². The molecule has 2 N–H and O–H groups in total. The van der Waals surface area contributed by atoms with Crippen LogP contribution in [-0.4, -0.2) is 89.1 Å². The van der Waals surface area contributed by atoms with E-state index in [0.717, 1.165) is 44.5 Å². The Morgan fingerprint density at radius 3 is 2.54 bits per heavy atom. The van der Waals surface area contributed by atoms with E-state index in [9.17, 15) is 9.18 Å². The first kappa shape index (κ1) is 27.2. The fraction of sp³-hybridized carbons (Fsp3) is 0.500. The van der Waals surface area contributed by atoms with Crippen molar-refractivity contribution in [2.75, 3.05) is 58.8 Å². The lowest BCUT2D eigenvalue weighted by molar-refractivity contribution is -0.234. The number of carbonyl (C=O) groups is 1. The van der Waals surface area contributed by atoms with Crippen molar-refractivity contribution < 1.29 is 18.7 Å². The summed E-state index contributed by atoms with van der Waals surface area (Å²) in [5.74, 6) is 0.690. The number of anilines is 1. The van der Waals surface area contributed by atoms with E-state index in [1.807, 2.05) is 25.9 Å². The van der Waals surface area contributed by atoms with E-state index in [4.69, 9.17) is 14.5 Å². The monoisotopic (exact) mass is 537 g/mol. The second-order valence-corrected chi connectivity index (χ2v) is 10.7. The van der Waals surface area contributed by atoms with Gasteiger partial charge < -0.3 is 29.6 Å². The lowest BCUT2D eigenvalue weighted by Gasteiger charge is -2.40. The maximum absolute atomic E-state index is 13.7. The van der Waals surface area contributed by atoms with E-state index in [2.05, 4.69) is 25.2 Å². The largest absolute Gasteiger partial charge is 0.353 e. The Kier molecular flexibility index (Phi) is 8.20. The Balaban J connectivity index is 1.38. The van der Waals surface area contributed by atoms with Crippen LogP contribution in [0.15, 0.2) is 36.5 Å². The lowest BCUT2D eigenvalue weighted by atomic mass is 9.89. The predicted octanol–water partition coefficient (Wildman–Crippen LogP) is 3.71. The molecule has 4 heterocycles. The number of carbonyl (C=O) groups excluding carboxylic acids is 1. The van der Waals surface area contributed by atoms with Crippen LogP contribution in [0.3, 0.4) is 0 Å². The smallest absolute Gasteiger partial charge is 0.233 e. The van der Waals surface area contributed by atoms with Crippen LogP contribution in [0.2, 0.25) is 0 Å². The number of nitrogens with one attached hydrogen (secondary N) is 2. The zero-order chi connectivity index (χ0) is 27.4. The van der Waals surface area contributed by atoms with Crippen molar-refractivity contribution in [3.63, 3.8) is 0 Å². The molecule has 0 saturated carbocycles. The van der Waals surface area contributed by atoms with Gasteiger partial charge in [0.1, 0.15) is 5.82 Å². The summed E-state index contributed by atoms with van der Waals surface area (Å²) >= 11 is 0. The maximum Gasteiger partial charge on any atom is 0.233 e. The topological polar surface area (TPSA) is 108 Å². The molecule has 0 atom stereocenters. The zero-order valence-electron chi connectivity index (χ0n) is 22.7. The van der Waals surface area contributed by atoms with Crippen LogP contribution < -0.4 is 5.32 Å². The number of hydrogen-bond acceptors (Lipinski definition) is 8. The van der Waals surface area contributed by atoms with Gasteiger partial charge in [-0.3, -0.25) is 4.79 Å². The van der Waals surface area contributed by atoms with Gasteiger partial charge in [0, 0.05) is 37.9 Å². The van der Waals surface area contributed by atoms with Gasteiger partial charge in [-0.2, -0.15) is 0 Å². The number of halogens is 1. The summed E-state index contributed by atoms with van der Waals surface area (Å²) in [4.78, 5) is 34.3. The number of benzene rings is 1. The number of likely N-dealkylation sites (tertiary alicyclic amines) is 1. The number of hydrogen-bond donors (Lipinski definition) is 2. The van der Waals surface area contributed by atoms with Gasteiger partial charge in [-0.05, 0) is 70.6 Å². The van der Waals surface area contributed by atoms with Gasteiger partial charge in [-0.25, -0.2) is 19.3 Å². The number of likely N-dealkylation sites (N-methyl/N-ethyl adjacent to an activating group) is 1. The van der Waals surface area contributed by atoms with Crippen LogP contribution in [0, 0.1) is 11.2 Å². The summed E-state index contributed by atoms with van der Waals surface area (Å²) in [5, 5.41) is 3.24. The van der Waals surface area contributed by atoms with Crippen molar-refractivity contribution in [3.8, 4) is 22.6 Å². The lowest BCUT2D eigenvalue weighted by Crippen LogP contribution is -2.51. The number of aromatic amines is 1. The molecule has 1 amide bonds. The summed E-state index contributed by atoms with van der Waals surface area (Å²) in [6, 6.07) is 7.93. The van der Waals surface area contributed by atoms with Crippen molar-refractivity contribution in [2.45, 2.75) is 32.5 Å². The molecule has 0 unspecified atom stereocenters. The van der Waals surface area contributed by atoms with E-state index in [-0.39, 0.29) is 24.9 Å². The molecule has 5 rings (SSSR count). The first-order valence-corrected chi connectivity index (χ1v) is 13.4. The number of nitrogens with zero attached hydrogens (tertiary/aromatic N) is 5. The molecule has 0 radical (unpaired) electrons. The number of ether oxygens (including phenoxy) is 2. The molecule has 2 fully saturated rings. The van der Waals surface area contributed by atoms with Crippen LogP contribution in [0.1, 0.15) is 38.3 Å². The van der Waals surface area contributed by atoms with Gasteiger partial charge in [0.05, 0.1) is 35.7 Å². The van der Waals surface area contributed by atoms with Gasteiger partial charge in [-0.1, -0.05) is 0 Å². The molecule has 2 aliphatic heterocycles. The third-order valence-corrected chi connectivity index (χ3v) is 7.08. The standard InChI is InChI=1S/C28H36FN7O3/c1-28(26(37)36-14-5-4-6-15-36)17-38-25(39-18-28)24-33-22(19-7-9-20(29)10-8-19)23(34-24)21-11-12-30-27(32-21)31-13-16-35(2)3/h7-12,25H,4-6,13-18H2,1-3H3,(H,33,34)(H,30,31,32). The summed E-state index contributed by atoms with van der Waals surface area (Å²) in [6.07, 6.45) is 4.12. The average molecular weight is 538 g/mol. The molecule has 11 heteroatoms. The number of piperidine rings is 1. The molecule has 2 saturated heterocycles. The van der Waals surface area contributed by atoms with Gasteiger partial charge >= 0.3 is 0 Å². The molecule has 0 aliphatic carbocycles. The highest BCUT2D eigenvalue weighted by Gasteiger charge is 2.43. The average Bonchev–Trinajstić information content (AvgIpc) is 3.39. The summed E-state index contributed by atoms with van der Waals surface area (Å²) < 4.78 is 25.8. The van der Waals surface area contributed by atoms with Crippen molar-refractivity contribution in [2.24, 2.45) is 5.41 Å². The normalized spacial score (nSPS) is 21.8. The molecule has 208 valence electrons. The highest BCUT2D eigenvalue weighted by Crippen LogP contribution is 2.36. The third-order valence-electron chi connectivity index (χ3n) is 7.08. The van der Waals surface area contributed by atoms with Gasteiger partial charge in [0.2, 0.25) is 18.1 Å². The summed E-state index contributed by atoms with van der Waals surface area (Å²) in [7, 11) is 4.00. The Morgan fingerprint density at radius 2 is 1.85 bits per heavy atom. The first-order chi connectivity index (χ1) is 18.8. The minimum Gasteiger partial charge on any atom is -0.353 e. The summed E-state index contributed by atoms with van der Waals surface area (Å²) in [5.41, 5.74) is 1.82. The molecule has 0 bridgehead atoms. The summed E-state index contributed by atoms with van der Waals surface area (Å²) in [6.45, 7) is 5.43. The van der Waals surface area contributed by atoms with Crippen LogP contribution in [-0.2, 0) is 14.3 Å². The molecule has 10 nitrogen and oxygen atoms in total. The fourth-order valence-electron chi connectivity index (χ4n) is 4.85. The van der Waals surface area contributed by atoms with E-state index >= 15 is 0 Å². The van der Waals surface area contributed by atoms with E-state index in [0.29, 0.717) is 35.4 Å². The number of amides is 1. The maximum atomic E-state index is 13.7. The second kappa shape index (κ2) is 11.8. The van der Waals surface area contributed by atoms with Crippen molar-refractivity contribution >= 4 is 11.9 Å². The minimum atomic E-state index is -0.778. The quantitative estimate of drug-likeness (QED) is 0.448. The van der Waals surface area contributed by atoms with Crippen molar-refractivity contribution in [3.05, 3.63) is 48.2 Å². The van der Waals surface area contributed by atoms with Crippen molar-refractivity contribution in [1.29, 1.82) is 0 Å². The molecular weight excluding hydrogens is 501 g/mol. The number of imidazole rings is 1. The van der Waals surface area contributed by atoms with Crippen LogP contribution in [0.4, 0.5) is 10.3 Å². The van der Waals surface area contributed by atoms with E-state index < -0.39 is 11.7 Å². The van der Waals surface area contributed by atoms with Crippen LogP contribution in [0.25, 0.3) is 22.6 Å². The van der Waals surface area contributed by atoms with Crippen LogP contribution >= 0.6 is 0 Å². The SMILES string of the molecule is CN(C)CCNc1nccc(-c2[nH]c(C3OCC(C)(C(=O)N4CCCCC4)CO3)nc2-c2ccc(F)cc2)n1. The molecule has 39 heavy (non-hydrogen) atoms. The van der Waals surface area contributed by atoms with E-state index in [1.165, 1.54) is 12.1 Å². The minimum absolute atomic E-state index is 0.0723. The second-order valence-electron chi connectivity index (χ2n) is 10.7. The molecule has 1 aromatic carbocycles. The third kappa shape index (κ3) is 6.26. The van der Waals surface area contributed by atoms with Crippen molar-refractivity contribution in [1.82, 2.24) is 29.7 Å². The van der Waals surface area contributed by atoms with Gasteiger partial charge in [0.15, 0.2) is 5.82 Å². The number of H-pyrrole nitrogens is 1. The first-order valence-electron chi connectivity index (χ1n) is 13.4. The highest BCUT2D eigenvalue weighted by atomic mass is 19.1. The molecule has 2 aliphatic rings. The highest BCUT2D eigenvalue weighted by molar-refractivity contribution is 5.83. The Hall–Kier alpha value is -3.41. The molecule has 2 aromatic heterocycles. The Labute approximate surface area is 227 Å². The Morgan fingerprint density at radius 1 is 1.13 bits per heavy atom.